The Hall–Kier alpha value is -2.87. The summed E-state index contributed by atoms with van der Waals surface area (Å²) in [4.78, 5) is 12.6. The zero-order chi connectivity index (χ0) is 15.6. The number of hydrogen-bond acceptors (Lipinski definition) is 2. The smallest absolute Gasteiger partial charge is 0.167 e. The second-order valence-corrected chi connectivity index (χ2v) is 5.73. The highest BCUT2D eigenvalue weighted by molar-refractivity contribution is 6.04. The number of carbonyl (C=O) groups excluding carboxylic acids is 1. The maximum atomic E-state index is 12.6. The molecule has 1 atom stereocenters. The minimum Gasteiger partial charge on any atom is -0.457 e. The van der Waals surface area contributed by atoms with Gasteiger partial charge >= 0.3 is 0 Å². The Morgan fingerprint density at radius 2 is 1.48 bits per heavy atom. The van der Waals surface area contributed by atoms with E-state index < -0.39 is 0 Å². The Labute approximate surface area is 135 Å². The van der Waals surface area contributed by atoms with Gasteiger partial charge in [-0.25, -0.2) is 0 Å². The van der Waals surface area contributed by atoms with Gasteiger partial charge in [0.05, 0.1) is 5.56 Å². The minimum atomic E-state index is 0.123. The monoisotopic (exact) mass is 300 g/mol. The molecule has 2 nitrogen and oxygen atoms in total. The van der Waals surface area contributed by atoms with E-state index in [0.717, 1.165) is 16.9 Å². The SMILES string of the molecule is O=C1C[C@@H](c2ccccc2)c2cccc(Oc3ccccc3)c21. The van der Waals surface area contributed by atoms with Crippen LogP contribution in [0.5, 0.6) is 11.5 Å². The molecule has 0 saturated carbocycles. The average Bonchev–Trinajstić information content (AvgIpc) is 2.95. The summed E-state index contributed by atoms with van der Waals surface area (Å²) < 4.78 is 5.95. The van der Waals surface area contributed by atoms with E-state index in [-0.39, 0.29) is 11.7 Å². The molecule has 0 saturated heterocycles. The summed E-state index contributed by atoms with van der Waals surface area (Å²) in [5, 5.41) is 0. The standard InChI is InChI=1S/C21H16O2/c22-19-14-18(15-8-3-1-4-9-15)17-12-7-13-20(21(17)19)23-16-10-5-2-6-11-16/h1-13,18H,14H2/t18-/m0/s1. The average molecular weight is 300 g/mol. The van der Waals surface area contributed by atoms with Gasteiger partial charge in [-0.3, -0.25) is 4.79 Å². The maximum absolute atomic E-state index is 12.6. The van der Waals surface area contributed by atoms with Gasteiger partial charge in [0.15, 0.2) is 5.78 Å². The van der Waals surface area contributed by atoms with Crippen LogP contribution in [-0.4, -0.2) is 5.78 Å². The van der Waals surface area contributed by atoms with Crippen LogP contribution in [0, 0.1) is 0 Å². The van der Waals surface area contributed by atoms with Crippen molar-refractivity contribution < 1.29 is 9.53 Å². The first-order chi connectivity index (χ1) is 11.3. The van der Waals surface area contributed by atoms with Crippen LogP contribution < -0.4 is 4.74 Å². The van der Waals surface area contributed by atoms with Gasteiger partial charge < -0.3 is 4.74 Å². The van der Waals surface area contributed by atoms with E-state index in [1.807, 2.05) is 66.7 Å². The van der Waals surface area contributed by atoms with Crippen LogP contribution >= 0.6 is 0 Å². The molecule has 0 amide bonds. The second-order valence-electron chi connectivity index (χ2n) is 5.73. The van der Waals surface area contributed by atoms with E-state index in [1.54, 1.807) is 0 Å². The number of hydrogen-bond donors (Lipinski definition) is 0. The third kappa shape index (κ3) is 2.53. The molecule has 0 fully saturated rings. The van der Waals surface area contributed by atoms with Gasteiger partial charge in [-0.1, -0.05) is 60.7 Å². The highest BCUT2D eigenvalue weighted by Crippen LogP contribution is 2.42. The lowest BCUT2D eigenvalue weighted by molar-refractivity contribution is 0.0989. The Balaban J connectivity index is 1.75. The van der Waals surface area contributed by atoms with Crippen molar-refractivity contribution in [1.29, 1.82) is 0 Å². The van der Waals surface area contributed by atoms with Crippen LogP contribution in [-0.2, 0) is 0 Å². The predicted octanol–water partition coefficient (Wildman–Crippen LogP) is 5.20. The predicted molar refractivity (Wildman–Crippen MR) is 90.2 cm³/mol. The Morgan fingerprint density at radius 1 is 0.783 bits per heavy atom. The first-order valence-corrected chi connectivity index (χ1v) is 7.77. The topological polar surface area (TPSA) is 26.3 Å². The molecule has 0 radical (unpaired) electrons. The molecule has 0 heterocycles. The summed E-state index contributed by atoms with van der Waals surface area (Å²) in [6.07, 6.45) is 0.508. The molecule has 0 aromatic heterocycles. The van der Waals surface area contributed by atoms with Crippen molar-refractivity contribution in [3.05, 3.63) is 95.6 Å². The van der Waals surface area contributed by atoms with Crippen molar-refractivity contribution in [2.24, 2.45) is 0 Å². The van der Waals surface area contributed by atoms with Crippen LogP contribution in [0.1, 0.15) is 33.8 Å². The third-order valence-electron chi connectivity index (χ3n) is 4.28. The molecule has 0 aliphatic heterocycles. The van der Waals surface area contributed by atoms with Crippen LogP contribution in [0.15, 0.2) is 78.9 Å². The van der Waals surface area contributed by atoms with E-state index in [4.69, 9.17) is 4.74 Å². The molecule has 0 spiro atoms. The number of rotatable bonds is 3. The fraction of sp³-hybridized carbons (Fsp3) is 0.0952. The molecule has 0 bridgehead atoms. The Bertz CT molecular complexity index is 838. The number of ketones is 1. The van der Waals surface area contributed by atoms with Gasteiger partial charge in [-0.2, -0.15) is 0 Å². The van der Waals surface area contributed by atoms with Crippen LogP contribution in [0.4, 0.5) is 0 Å². The quantitative estimate of drug-likeness (QED) is 0.664. The first kappa shape index (κ1) is 13.8. The molecule has 3 aromatic rings. The van der Waals surface area contributed by atoms with Crippen molar-refractivity contribution >= 4 is 5.78 Å². The first-order valence-electron chi connectivity index (χ1n) is 7.77. The third-order valence-corrected chi connectivity index (χ3v) is 4.28. The summed E-state index contributed by atoms with van der Waals surface area (Å²) in [5.74, 6) is 1.67. The number of benzene rings is 3. The van der Waals surface area contributed by atoms with Gasteiger partial charge in [0.25, 0.3) is 0 Å². The van der Waals surface area contributed by atoms with Crippen molar-refractivity contribution in [2.75, 3.05) is 0 Å². The van der Waals surface area contributed by atoms with Crippen molar-refractivity contribution in [2.45, 2.75) is 12.3 Å². The highest BCUT2D eigenvalue weighted by Gasteiger charge is 2.33. The number of Topliss-reactive ketones (excluding diaryl/α,β-unsaturated/α-hetero) is 1. The molecule has 23 heavy (non-hydrogen) atoms. The van der Waals surface area contributed by atoms with E-state index >= 15 is 0 Å². The zero-order valence-electron chi connectivity index (χ0n) is 12.6. The highest BCUT2D eigenvalue weighted by atomic mass is 16.5. The molecule has 112 valence electrons. The minimum absolute atomic E-state index is 0.123. The number of ether oxygens (including phenoxy) is 1. The number of para-hydroxylation sites is 1. The van der Waals surface area contributed by atoms with E-state index in [2.05, 4.69) is 12.1 Å². The van der Waals surface area contributed by atoms with Crippen LogP contribution in [0.3, 0.4) is 0 Å². The molecule has 2 heteroatoms. The van der Waals surface area contributed by atoms with E-state index in [0.29, 0.717) is 12.2 Å². The number of fused-ring (bicyclic) bond motifs is 1. The Morgan fingerprint density at radius 3 is 2.22 bits per heavy atom. The van der Waals surface area contributed by atoms with Gasteiger partial charge in [-0.15, -0.1) is 0 Å². The van der Waals surface area contributed by atoms with Crippen molar-refractivity contribution in [3.8, 4) is 11.5 Å². The Kier molecular flexibility index (Phi) is 3.43. The van der Waals surface area contributed by atoms with Crippen molar-refractivity contribution in [1.82, 2.24) is 0 Å². The molecule has 0 unspecified atom stereocenters. The second kappa shape index (κ2) is 5.73. The van der Waals surface area contributed by atoms with Crippen molar-refractivity contribution in [3.63, 3.8) is 0 Å². The zero-order valence-corrected chi connectivity index (χ0v) is 12.6. The van der Waals surface area contributed by atoms with E-state index in [9.17, 15) is 4.79 Å². The molecular weight excluding hydrogens is 284 g/mol. The maximum Gasteiger partial charge on any atom is 0.167 e. The van der Waals surface area contributed by atoms with Gasteiger partial charge in [0.1, 0.15) is 11.5 Å². The summed E-state index contributed by atoms with van der Waals surface area (Å²) in [6, 6.07) is 25.6. The summed E-state index contributed by atoms with van der Waals surface area (Å²) >= 11 is 0. The van der Waals surface area contributed by atoms with Gasteiger partial charge in [-0.05, 0) is 29.3 Å². The molecule has 3 aromatic carbocycles. The van der Waals surface area contributed by atoms with Crippen LogP contribution in [0.25, 0.3) is 0 Å². The normalized spacial score (nSPS) is 16.2. The van der Waals surface area contributed by atoms with Gasteiger partial charge in [0, 0.05) is 12.3 Å². The molecule has 1 aliphatic carbocycles. The summed E-state index contributed by atoms with van der Waals surface area (Å²) in [6.45, 7) is 0. The number of carbonyl (C=O) groups is 1. The molecular formula is C21H16O2. The lowest BCUT2D eigenvalue weighted by Gasteiger charge is -2.13. The fourth-order valence-electron chi connectivity index (χ4n) is 3.22. The van der Waals surface area contributed by atoms with E-state index in [1.165, 1.54) is 5.56 Å². The molecule has 4 rings (SSSR count). The van der Waals surface area contributed by atoms with Gasteiger partial charge in [0.2, 0.25) is 0 Å². The largest absolute Gasteiger partial charge is 0.457 e. The van der Waals surface area contributed by atoms with Crippen LogP contribution in [0.2, 0.25) is 0 Å². The summed E-state index contributed by atoms with van der Waals surface area (Å²) in [7, 11) is 0. The lowest BCUT2D eigenvalue weighted by atomic mass is 9.93. The fourth-order valence-corrected chi connectivity index (χ4v) is 3.22. The molecule has 1 aliphatic rings. The summed E-state index contributed by atoms with van der Waals surface area (Å²) in [5.41, 5.74) is 2.97. The molecule has 0 N–H and O–H groups in total. The lowest BCUT2D eigenvalue weighted by Crippen LogP contribution is -1.96.